The Bertz CT molecular complexity index is 1900. The van der Waals surface area contributed by atoms with Crippen molar-refractivity contribution in [3.63, 3.8) is 0 Å². The second-order valence-electron chi connectivity index (χ2n) is 30.0. The summed E-state index contributed by atoms with van der Waals surface area (Å²) in [5, 5.41) is 10.6. The van der Waals surface area contributed by atoms with Crippen molar-refractivity contribution in [3.8, 4) is 0 Å². The quantitative estimate of drug-likeness (QED) is 0.0222. The maximum absolute atomic E-state index is 13.1. The van der Waals surface area contributed by atoms with E-state index in [1.165, 1.54) is 193 Å². The van der Waals surface area contributed by atoms with Gasteiger partial charge < -0.3 is 33.8 Å². The Morgan fingerprint density at radius 2 is 0.433 bits per heavy atom. The van der Waals surface area contributed by atoms with Crippen molar-refractivity contribution >= 4 is 39.5 Å². The van der Waals surface area contributed by atoms with Gasteiger partial charge in [0.1, 0.15) is 19.3 Å². The molecule has 0 saturated heterocycles. The molecule has 5 atom stereocenters. The van der Waals surface area contributed by atoms with Gasteiger partial charge in [0, 0.05) is 25.7 Å². The molecule has 0 radical (unpaired) electrons. The number of phosphoric acid groups is 2. The first kappa shape index (κ1) is 95.1. The maximum Gasteiger partial charge on any atom is 0.472 e. The molecular weight excluding hydrogens is 1270 g/mol. The highest BCUT2D eigenvalue weighted by Gasteiger charge is 2.30. The lowest BCUT2D eigenvalue weighted by molar-refractivity contribution is -0.161. The van der Waals surface area contributed by atoms with Crippen molar-refractivity contribution in [1.82, 2.24) is 0 Å². The summed E-state index contributed by atoms with van der Waals surface area (Å²) in [6, 6.07) is 0. The third-order valence-corrected chi connectivity index (χ3v) is 20.0. The minimum absolute atomic E-state index is 0.106. The molecule has 97 heavy (non-hydrogen) atoms. The number of hydrogen-bond acceptors (Lipinski definition) is 15. The SMILES string of the molecule is CC(C)CCCCCCCCCCCCCCCCCC(=O)O[C@H](COC(=O)CCCCCCCCCC(C)C)COP(=O)(O)OCC(O)COP(=O)(O)OC[C@@H](COC(=O)CCCCCCCCCCCCCCC(C)C)OC(=O)CCCCCCCCCCCCCC(C)C. The van der Waals surface area contributed by atoms with Gasteiger partial charge in [-0.3, -0.25) is 37.3 Å². The number of carbonyl (C=O) groups is 4. The average Bonchev–Trinajstić information content (AvgIpc) is 1.30. The Kier molecular flexibility index (Phi) is 65.9. The fourth-order valence-corrected chi connectivity index (χ4v) is 13.5. The third-order valence-electron chi connectivity index (χ3n) is 18.1. The van der Waals surface area contributed by atoms with Crippen LogP contribution in [0.5, 0.6) is 0 Å². The third kappa shape index (κ3) is 72.2. The highest BCUT2D eigenvalue weighted by molar-refractivity contribution is 7.47. The lowest BCUT2D eigenvalue weighted by Crippen LogP contribution is -2.30. The normalized spacial score (nSPS) is 14.1. The van der Waals surface area contributed by atoms with Gasteiger partial charge >= 0.3 is 39.5 Å². The molecule has 0 aromatic carbocycles. The maximum atomic E-state index is 13.1. The van der Waals surface area contributed by atoms with E-state index in [1.54, 1.807) is 0 Å². The van der Waals surface area contributed by atoms with E-state index in [0.717, 1.165) is 114 Å². The lowest BCUT2D eigenvalue weighted by atomic mass is 10.0. The minimum Gasteiger partial charge on any atom is -0.462 e. The first-order valence-corrected chi connectivity index (χ1v) is 43.2. The predicted molar refractivity (Wildman–Crippen MR) is 395 cm³/mol. The highest BCUT2D eigenvalue weighted by atomic mass is 31.2. The summed E-state index contributed by atoms with van der Waals surface area (Å²) in [5.74, 6) is 0.937. The first-order valence-electron chi connectivity index (χ1n) is 40.2. The molecule has 0 rings (SSSR count). The number of carbonyl (C=O) groups excluding carboxylic acids is 4. The van der Waals surface area contributed by atoms with Crippen LogP contribution in [0.2, 0.25) is 0 Å². The zero-order valence-corrected chi connectivity index (χ0v) is 65.5. The van der Waals surface area contributed by atoms with Crippen LogP contribution in [0, 0.1) is 23.7 Å². The summed E-state index contributed by atoms with van der Waals surface area (Å²) >= 11 is 0. The summed E-state index contributed by atoms with van der Waals surface area (Å²) in [6.07, 6.45) is 52.8. The van der Waals surface area contributed by atoms with E-state index < -0.39 is 97.5 Å². The molecule has 0 aromatic heterocycles. The summed E-state index contributed by atoms with van der Waals surface area (Å²) in [7, 11) is -9.92. The standard InChI is InChI=1S/C78H152O17P2/c1-68(2)54-46-38-30-23-17-12-10-9-11-13-21-27-35-44-52-60-77(82)95-74(65-89-76(81)59-51-43-37-29-33-41-49-57-71(7)8)67-93-97(86,87)91-63-72(79)62-90-96(84,85)92-66-73(94-78(83)61-53-45-36-28-22-16-19-25-32-40-48-56-70(5)6)64-88-75(80)58-50-42-34-26-20-15-14-18-24-31-39-47-55-69(3)4/h68-74,79H,9-67H2,1-8H3,(H,84,85)(H,86,87)/t72?,73-,74-/m1/s1. The molecular formula is C78H152O17P2. The van der Waals surface area contributed by atoms with E-state index in [-0.39, 0.29) is 25.7 Å². The summed E-state index contributed by atoms with van der Waals surface area (Å²) in [4.78, 5) is 72.9. The van der Waals surface area contributed by atoms with Crippen LogP contribution in [0.3, 0.4) is 0 Å². The molecule has 17 nitrogen and oxygen atoms in total. The molecule has 0 saturated carbocycles. The van der Waals surface area contributed by atoms with Gasteiger partial charge in [0.05, 0.1) is 26.4 Å². The Labute approximate surface area is 594 Å². The molecule has 0 aromatic rings. The number of phosphoric ester groups is 2. The van der Waals surface area contributed by atoms with Gasteiger partial charge in [0.25, 0.3) is 0 Å². The smallest absolute Gasteiger partial charge is 0.462 e. The zero-order chi connectivity index (χ0) is 71.7. The molecule has 0 fully saturated rings. The molecule has 0 aliphatic carbocycles. The fraction of sp³-hybridized carbons (Fsp3) is 0.949. The molecule has 0 spiro atoms. The van der Waals surface area contributed by atoms with E-state index in [1.807, 2.05) is 0 Å². The number of hydrogen-bond donors (Lipinski definition) is 3. The van der Waals surface area contributed by atoms with Crippen LogP contribution in [0.15, 0.2) is 0 Å². The van der Waals surface area contributed by atoms with Gasteiger partial charge in [-0.2, -0.15) is 0 Å². The second-order valence-corrected chi connectivity index (χ2v) is 32.9. The highest BCUT2D eigenvalue weighted by Crippen LogP contribution is 2.45. The Morgan fingerprint density at radius 3 is 0.639 bits per heavy atom. The molecule has 0 aliphatic rings. The van der Waals surface area contributed by atoms with E-state index in [0.29, 0.717) is 31.6 Å². The van der Waals surface area contributed by atoms with E-state index in [2.05, 4.69) is 55.4 Å². The number of unbranched alkanes of at least 4 members (excludes halogenated alkanes) is 41. The average molecular weight is 1420 g/mol. The van der Waals surface area contributed by atoms with Crippen LogP contribution >= 0.6 is 15.6 Å². The number of aliphatic hydroxyl groups excluding tert-OH is 1. The number of aliphatic hydroxyl groups is 1. The van der Waals surface area contributed by atoms with Gasteiger partial charge in [0.15, 0.2) is 12.2 Å². The number of esters is 4. The van der Waals surface area contributed by atoms with Crippen molar-refractivity contribution < 1.29 is 80.2 Å². The number of rotatable bonds is 75. The summed E-state index contributed by atoms with van der Waals surface area (Å²) in [6.45, 7) is 14.2. The van der Waals surface area contributed by atoms with Crippen LogP contribution in [0.4, 0.5) is 0 Å². The Hall–Kier alpha value is -1.94. The van der Waals surface area contributed by atoms with Crippen molar-refractivity contribution in [3.05, 3.63) is 0 Å². The largest absolute Gasteiger partial charge is 0.472 e. The van der Waals surface area contributed by atoms with Crippen LogP contribution < -0.4 is 0 Å². The monoisotopic (exact) mass is 1420 g/mol. The van der Waals surface area contributed by atoms with Crippen LogP contribution in [0.1, 0.15) is 396 Å². The molecule has 0 aliphatic heterocycles. The van der Waals surface area contributed by atoms with Crippen molar-refractivity contribution in [2.75, 3.05) is 39.6 Å². The Balaban J connectivity index is 5.24. The molecule has 0 bridgehead atoms. The predicted octanol–water partition coefficient (Wildman–Crippen LogP) is 22.8. The lowest BCUT2D eigenvalue weighted by Gasteiger charge is -2.21. The van der Waals surface area contributed by atoms with E-state index >= 15 is 0 Å². The summed E-state index contributed by atoms with van der Waals surface area (Å²) < 4.78 is 68.6. The second kappa shape index (κ2) is 67.2. The van der Waals surface area contributed by atoms with Crippen molar-refractivity contribution in [2.45, 2.75) is 414 Å². The van der Waals surface area contributed by atoms with Crippen LogP contribution in [-0.4, -0.2) is 96.7 Å². The zero-order valence-electron chi connectivity index (χ0n) is 63.7. The number of ether oxygens (including phenoxy) is 4. The Morgan fingerprint density at radius 1 is 0.258 bits per heavy atom. The van der Waals surface area contributed by atoms with E-state index in [4.69, 9.17) is 37.0 Å². The van der Waals surface area contributed by atoms with Gasteiger partial charge in [-0.25, -0.2) is 9.13 Å². The van der Waals surface area contributed by atoms with Gasteiger partial charge in [-0.05, 0) is 49.4 Å². The van der Waals surface area contributed by atoms with E-state index in [9.17, 15) is 43.2 Å². The van der Waals surface area contributed by atoms with Crippen LogP contribution in [0.25, 0.3) is 0 Å². The molecule has 0 heterocycles. The fourth-order valence-electron chi connectivity index (χ4n) is 11.9. The van der Waals surface area contributed by atoms with Crippen LogP contribution in [-0.2, 0) is 65.4 Å². The van der Waals surface area contributed by atoms with Gasteiger partial charge in [-0.15, -0.1) is 0 Å². The molecule has 3 unspecified atom stereocenters. The topological polar surface area (TPSA) is 237 Å². The van der Waals surface area contributed by atoms with Gasteiger partial charge in [-0.1, -0.05) is 344 Å². The first-order chi connectivity index (χ1) is 46.6. The van der Waals surface area contributed by atoms with Crippen molar-refractivity contribution in [2.24, 2.45) is 23.7 Å². The van der Waals surface area contributed by atoms with Crippen molar-refractivity contribution in [1.29, 1.82) is 0 Å². The molecule has 576 valence electrons. The molecule has 0 amide bonds. The van der Waals surface area contributed by atoms with Gasteiger partial charge in [0.2, 0.25) is 0 Å². The molecule has 3 N–H and O–H groups in total. The minimum atomic E-state index is -4.96. The summed E-state index contributed by atoms with van der Waals surface area (Å²) in [5.41, 5.74) is 0. The molecule has 19 heteroatoms.